The number of hydrogen-bond acceptors (Lipinski definition) is 5. The van der Waals surface area contributed by atoms with Gasteiger partial charge in [-0.1, -0.05) is 6.07 Å². The van der Waals surface area contributed by atoms with Crippen molar-refractivity contribution in [2.45, 2.75) is 6.61 Å². The Balaban J connectivity index is 1.47. The zero-order chi connectivity index (χ0) is 15.6. The maximum Gasteiger partial charge on any atom is 0.338 e. The van der Waals surface area contributed by atoms with Gasteiger partial charge in [-0.05, 0) is 30.3 Å². The second-order valence-electron chi connectivity index (χ2n) is 5.13. The second kappa shape index (κ2) is 5.64. The average Bonchev–Trinajstić information content (AvgIpc) is 3.02. The van der Waals surface area contributed by atoms with Gasteiger partial charge >= 0.3 is 5.97 Å². The summed E-state index contributed by atoms with van der Waals surface area (Å²) in [7, 11) is 0. The molecule has 6 heteroatoms. The van der Waals surface area contributed by atoms with E-state index in [4.69, 9.17) is 14.2 Å². The molecular weight excluding hydrogens is 296 g/mol. The van der Waals surface area contributed by atoms with Crippen LogP contribution in [0.25, 0.3) is 5.65 Å². The van der Waals surface area contributed by atoms with Gasteiger partial charge < -0.3 is 18.6 Å². The molecule has 23 heavy (non-hydrogen) atoms. The van der Waals surface area contributed by atoms with Gasteiger partial charge in [-0.25, -0.2) is 9.78 Å². The lowest BCUT2D eigenvalue weighted by Crippen LogP contribution is -2.16. The van der Waals surface area contributed by atoms with E-state index < -0.39 is 5.97 Å². The third-order valence-corrected chi connectivity index (χ3v) is 3.54. The summed E-state index contributed by atoms with van der Waals surface area (Å²) in [6.07, 6.45) is 3.74. The lowest BCUT2D eigenvalue weighted by atomic mass is 10.2. The molecule has 1 aliphatic heterocycles. The van der Waals surface area contributed by atoms with Gasteiger partial charge in [0.15, 0.2) is 11.5 Å². The highest BCUT2D eigenvalue weighted by Gasteiger charge is 2.16. The maximum absolute atomic E-state index is 12.2. The van der Waals surface area contributed by atoms with Crippen LogP contribution < -0.4 is 9.47 Å². The van der Waals surface area contributed by atoms with Crippen molar-refractivity contribution in [1.29, 1.82) is 0 Å². The minimum atomic E-state index is -0.418. The summed E-state index contributed by atoms with van der Waals surface area (Å²) in [5, 5.41) is 0. The quantitative estimate of drug-likeness (QED) is 0.695. The topological polar surface area (TPSA) is 62.1 Å². The molecule has 0 saturated carbocycles. The number of fused-ring (bicyclic) bond motifs is 2. The highest BCUT2D eigenvalue weighted by molar-refractivity contribution is 5.90. The number of carbonyl (C=O) groups is 1. The predicted octanol–water partition coefficient (Wildman–Crippen LogP) is 2.46. The predicted molar refractivity (Wildman–Crippen MR) is 81.7 cm³/mol. The second-order valence-corrected chi connectivity index (χ2v) is 5.13. The van der Waals surface area contributed by atoms with Gasteiger partial charge in [-0.2, -0.15) is 0 Å². The van der Waals surface area contributed by atoms with Crippen LogP contribution in [0.4, 0.5) is 0 Å². The van der Waals surface area contributed by atoms with Crippen LogP contribution >= 0.6 is 0 Å². The number of imidazole rings is 1. The Kier molecular flexibility index (Phi) is 3.34. The summed E-state index contributed by atoms with van der Waals surface area (Å²) in [4.78, 5) is 16.6. The van der Waals surface area contributed by atoms with Crippen molar-refractivity contribution < 1.29 is 19.0 Å². The lowest BCUT2D eigenvalue weighted by molar-refractivity contribution is 0.0467. The van der Waals surface area contributed by atoms with Crippen LogP contribution in [0.1, 0.15) is 16.1 Å². The van der Waals surface area contributed by atoms with Gasteiger partial charge in [-0.3, -0.25) is 0 Å². The number of esters is 1. The zero-order valence-corrected chi connectivity index (χ0v) is 12.3. The summed E-state index contributed by atoms with van der Waals surface area (Å²) in [6, 6.07) is 10.7. The number of ether oxygens (including phenoxy) is 3. The largest absolute Gasteiger partial charge is 0.486 e. The molecule has 0 N–H and O–H groups in total. The molecule has 3 heterocycles. The minimum absolute atomic E-state index is 0.120. The van der Waals surface area contributed by atoms with Gasteiger partial charge in [0.05, 0.1) is 11.3 Å². The number of hydrogen-bond donors (Lipinski definition) is 0. The van der Waals surface area contributed by atoms with Gasteiger partial charge in [0.2, 0.25) is 0 Å². The fraction of sp³-hybridized carbons (Fsp3) is 0.176. The molecule has 0 spiro atoms. The normalized spacial score (nSPS) is 13.0. The molecule has 0 radical (unpaired) electrons. The molecule has 0 fully saturated rings. The van der Waals surface area contributed by atoms with E-state index in [-0.39, 0.29) is 6.61 Å². The van der Waals surface area contributed by atoms with Crippen molar-refractivity contribution in [1.82, 2.24) is 9.38 Å². The monoisotopic (exact) mass is 310 g/mol. The molecule has 0 amide bonds. The van der Waals surface area contributed by atoms with Gasteiger partial charge in [0.25, 0.3) is 0 Å². The molecular formula is C17H14N2O4. The van der Waals surface area contributed by atoms with Crippen molar-refractivity contribution in [3.8, 4) is 11.5 Å². The molecule has 116 valence electrons. The van der Waals surface area contributed by atoms with Crippen LogP contribution in [0, 0.1) is 0 Å². The first kappa shape index (κ1) is 13.6. The third kappa shape index (κ3) is 2.70. The fourth-order valence-electron chi connectivity index (χ4n) is 2.45. The summed E-state index contributed by atoms with van der Waals surface area (Å²) in [5.74, 6) is 0.797. The van der Waals surface area contributed by atoms with E-state index in [1.54, 1.807) is 18.2 Å². The average molecular weight is 310 g/mol. The van der Waals surface area contributed by atoms with Crippen molar-refractivity contribution in [3.05, 3.63) is 60.0 Å². The van der Waals surface area contributed by atoms with E-state index in [1.165, 1.54) is 0 Å². The summed E-state index contributed by atoms with van der Waals surface area (Å²) >= 11 is 0. The number of benzene rings is 1. The van der Waals surface area contributed by atoms with Crippen LogP contribution in [0.3, 0.4) is 0 Å². The molecule has 2 aromatic heterocycles. The first-order valence-corrected chi connectivity index (χ1v) is 7.29. The maximum atomic E-state index is 12.2. The summed E-state index contributed by atoms with van der Waals surface area (Å²) in [6.45, 7) is 1.12. The molecule has 4 rings (SSSR count). The number of pyridine rings is 1. The molecule has 6 nitrogen and oxygen atoms in total. The molecule has 3 aromatic rings. The Labute approximate surface area is 132 Å². The van der Waals surface area contributed by atoms with E-state index in [1.807, 2.05) is 35.0 Å². The smallest absolute Gasteiger partial charge is 0.338 e. The number of carbonyl (C=O) groups excluding carboxylic acids is 1. The third-order valence-electron chi connectivity index (χ3n) is 3.54. The van der Waals surface area contributed by atoms with Crippen LogP contribution in [-0.2, 0) is 11.3 Å². The van der Waals surface area contributed by atoms with E-state index in [2.05, 4.69) is 4.98 Å². The van der Waals surface area contributed by atoms with Crippen LogP contribution in [0.5, 0.6) is 11.5 Å². The SMILES string of the molecule is O=C(OCc1cn2ccccc2n1)c1ccc2c(c1)OCCO2. The fourth-order valence-corrected chi connectivity index (χ4v) is 2.45. The highest BCUT2D eigenvalue weighted by atomic mass is 16.6. The Hall–Kier alpha value is -3.02. The number of nitrogens with zero attached hydrogens (tertiary/aromatic N) is 2. The molecule has 0 saturated heterocycles. The van der Waals surface area contributed by atoms with Gasteiger partial charge in [0, 0.05) is 12.4 Å². The number of rotatable bonds is 3. The van der Waals surface area contributed by atoms with Crippen molar-refractivity contribution in [3.63, 3.8) is 0 Å². The molecule has 1 aromatic carbocycles. The minimum Gasteiger partial charge on any atom is -0.486 e. The standard InChI is InChI=1S/C17H14N2O4/c20-17(12-4-5-14-15(9-12)22-8-7-21-14)23-11-13-10-19-6-2-1-3-16(19)18-13/h1-6,9-10H,7-8,11H2. The van der Waals surface area contributed by atoms with Crippen LogP contribution in [-0.4, -0.2) is 28.6 Å². The Morgan fingerprint density at radius 1 is 1.17 bits per heavy atom. The molecule has 0 bridgehead atoms. The molecule has 0 aliphatic carbocycles. The summed E-state index contributed by atoms with van der Waals surface area (Å²) < 4.78 is 18.1. The number of aromatic nitrogens is 2. The first-order valence-electron chi connectivity index (χ1n) is 7.29. The van der Waals surface area contributed by atoms with E-state index in [9.17, 15) is 4.79 Å². The summed E-state index contributed by atoms with van der Waals surface area (Å²) in [5.41, 5.74) is 1.94. The Morgan fingerprint density at radius 3 is 2.91 bits per heavy atom. The lowest BCUT2D eigenvalue weighted by Gasteiger charge is -2.18. The van der Waals surface area contributed by atoms with Crippen LogP contribution in [0.15, 0.2) is 48.8 Å². The zero-order valence-electron chi connectivity index (χ0n) is 12.3. The van der Waals surface area contributed by atoms with E-state index in [0.717, 1.165) is 5.65 Å². The van der Waals surface area contributed by atoms with Crippen molar-refractivity contribution in [2.24, 2.45) is 0 Å². The van der Waals surface area contributed by atoms with Gasteiger partial charge in [0.1, 0.15) is 25.5 Å². The molecule has 0 atom stereocenters. The van der Waals surface area contributed by atoms with E-state index in [0.29, 0.717) is 36.0 Å². The molecule has 1 aliphatic rings. The van der Waals surface area contributed by atoms with Crippen molar-refractivity contribution >= 4 is 11.6 Å². The van der Waals surface area contributed by atoms with E-state index >= 15 is 0 Å². The van der Waals surface area contributed by atoms with Gasteiger partial charge in [-0.15, -0.1) is 0 Å². The Morgan fingerprint density at radius 2 is 2.04 bits per heavy atom. The van der Waals surface area contributed by atoms with Crippen molar-refractivity contribution in [2.75, 3.05) is 13.2 Å². The Bertz CT molecular complexity index is 839. The van der Waals surface area contributed by atoms with Crippen LogP contribution in [0.2, 0.25) is 0 Å². The highest BCUT2D eigenvalue weighted by Crippen LogP contribution is 2.30. The first-order chi connectivity index (χ1) is 11.3. The molecule has 0 unspecified atom stereocenters.